The molecule has 0 radical (unpaired) electrons. The summed E-state index contributed by atoms with van der Waals surface area (Å²) in [7, 11) is 0. The SMILES string of the molecule is CCCCC1CCC(C(=O)OCCN2CCNCC2)CC1. The van der Waals surface area contributed by atoms with Gasteiger partial charge in [0.2, 0.25) is 0 Å². The molecule has 0 bridgehead atoms. The number of esters is 1. The maximum Gasteiger partial charge on any atom is 0.308 e. The molecule has 2 aliphatic rings. The van der Waals surface area contributed by atoms with E-state index in [0.717, 1.165) is 51.5 Å². The van der Waals surface area contributed by atoms with Crippen LogP contribution in [0.5, 0.6) is 0 Å². The first-order valence-corrected chi connectivity index (χ1v) is 8.89. The third-order valence-electron chi connectivity index (χ3n) is 5.01. The summed E-state index contributed by atoms with van der Waals surface area (Å²) < 4.78 is 5.50. The maximum atomic E-state index is 12.1. The van der Waals surface area contributed by atoms with Gasteiger partial charge in [-0.15, -0.1) is 0 Å². The molecule has 1 aliphatic heterocycles. The summed E-state index contributed by atoms with van der Waals surface area (Å²) in [6, 6.07) is 0. The summed E-state index contributed by atoms with van der Waals surface area (Å²) in [4.78, 5) is 14.5. The second-order valence-electron chi connectivity index (χ2n) is 6.62. The van der Waals surface area contributed by atoms with Crippen LogP contribution < -0.4 is 5.32 Å². The number of rotatable bonds is 7. The van der Waals surface area contributed by atoms with Gasteiger partial charge in [-0.05, 0) is 31.6 Å². The van der Waals surface area contributed by atoms with E-state index in [2.05, 4.69) is 17.1 Å². The molecular formula is C17H32N2O2. The standard InChI is InChI=1S/C17H32N2O2/c1-2-3-4-15-5-7-16(8-6-15)17(20)21-14-13-19-11-9-18-10-12-19/h15-16,18H,2-14H2,1H3. The van der Waals surface area contributed by atoms with E-state index < -0.39 is 0 Å². The van der Waals surface area contributed by atoms with Gasteiger partial charge in [-0.1, -0.05) is 26.2 Å². The molecule has 4 heteroatoms. The third-order valence-corrected chi connectivity index (χ3v) is 5.01. The first-order valence-electron chi connectivity index (χ1n) is 8.89. The number of nitrogens with zero attached hydrogens (tertiary/aromatic N) is 1. The van der Waals surface area contributed by atoms with Crippen LogP contribution in [-0.2, 0) is 9.53 Å². The second kappa shape index (κ2) is 9.42. The minimum absolute atomic E-state index is 0.0547. The summed E-state index contributed by atoms with van der Waals surface area (Å²) in [5.41, 5.74) is 0. The van der Waals surface area contributed by atoms with E-state index in [4.69, 9.17) is 4.74 Å². The van der Waals surface area contributed by atoms with Crippen molar-refractivity contribution in [2.24, 2.45) is 11.8 Å². The summed E-state index contributed by atoms with van der Waals surface area (Å²) >= 11 is 0. The van der Waals surface area contributed by atoms with Crippen molar-refractivity contribution < 1.29 is 9.53 Å². The van der Waals surface area contributed by atoms with Gasteiger partial charge < -0.3 is 10.1 Å². The van der Waals surface area contributed by atoms with Crippen molar-refractivity contribution in [1.29, 1.82) is 0 Å². The van der Waals surface area contributed by atoms with Gasteiger partial charge in [0.25, 0.3) is 0 Å². The number of carbonyl (C=O) groups excluding carboxylic acids is 1. The average Bonchev–Trinajstić information content (AvgIpc) is 2.54. The van der Waals surface area contributed by atoms with E-state index in [9.17, 15) is 4.79 Å². The van der Waals surface area contributed by atoms with E-state index in [1.807, 2.05) is 0 Å². The van der Waals surface area contributed by atoms with E-state index in [1.165, 1.54) is 32.1 Å². The molecule has 1 saturated carbocycles. The number of unbranched alkanes of at least 4 members (excludes halogenated alkanes) is 1. The lowest BCUT2D eigenvalue weighted by molar-refractivity contribution is -0.150. The molecule has 4 nitrogen and oxygen atoms in total. The van der Waals surface area contributed by atoms with Crippen molar-refractivity contribution in [1.82, 2.24) is 10.2 Å². The van der Waals surface area contributed by atoms with Crippen molar-refractivity contribution in [2.75, 3.05) is 39.3 Å². The first-order chi connectivity index (χ1) is 10.3. The quantitative estimate of drug-likeness (QED) is 0.733. The number of hydrogen-bond donors (Lipinski definition) is 1. The van der Waals surface area contributed by atoms with Gasteiger partial charge in [-0.3, -0.25) is 9.69 Å². The monoisotopic (exact) mass is 296 g/mol. The topological polar surface area (TPSA) is 41.6 Å². The zero-order valence-corrected chi connectivity index (χ0v) is 13.6. The Morgan fingerprint density at radius 1 is 1.19 bits per heavy atom. The second-order valence-corrected chi connectivity index (χ2v) is 6.62. The highest BCUT2D eigenvalue weighted by Crippen LogP contribution is 2.32. The van der Waals surface area contributed by atoms with Crippen molar-refractivity contribution in [2.45, 2.75) is 51.9 Å². The van der Waals surface area contributed by atoms with Crippen LogP contribution in [0.3, 0.4) is 0 Å². The number of hydrogen-bond acceptors (Lipinski definition) is 4. The predicted molar refractivity (Wildman–Crippen MR) is 85.2 cm³/mol. The van der Waals surface area contributed by atoms with Crippen LogP contribution in [0.2, 0.25) is 0 Å². The molecule has 0 spiro atoms. The molecule has 21 heavy (non-hydrogen) atoms. The molecule has 1 saturated heterocycles. The van der Waals surface area contributed by atoms with Gasteiger partial charge >= 0.3 is 5.97 Å². The Morgan fingerprint density at radius 3 is 2.57 bits per heavy atom. The molecular weight excluding hydrogens is 264 g/mol. The van der Waals surface area contributed by atoms with Crippen molar-refractivity contribution in [3.63, 3.8) is 0 Å². The van der Waals surface area contributed by atoms with Crippen LogP contribution in [0.1, 0.15) is 51.9 Å². The molecule has 1 aliphatic carbocycles. The van der Waals surface area contributed by atoms with Crippen LogP contribution in [-0.4, -0.2) is 50.2 Å². The van der Waals surface area contributed by atoms with Crippen LogP contribution in [0.4, 0.5) is 0 Å². The first kappa shape index (κ1) is 16.8. The smallest absolute Gasteiger partial charge is 0.308 e. The largest absolute Gasteiger partial charge is 0.464 e. The molecule has 1 N–H and O–H groups in total. The van der Waals surface area contributed by atoms with E-state index in [1.54, 1.807) is 0 Å². The number of piperazine rings is 1. The normalized spacial score (nSPS) is 27.5. The number of ether oxygens (including phenoxy) is 1. The molecule has 0 aromatic heterocycles. The van der Waals surface area contributed by atoms with Crippen molar-refractivity contribution in [3.05, 3.63) is 0 Å². The minimum Gasteiger partial charge on any atom is -0.464 e. The molecule has 122 valence electrons. The molecule has 2 rings (SSSR count). The van der Waals surface area contributed by atoms with Crippen LogP contribution in [0.25, 0.3) is 0 Å². The Balaban J connectivity index is 1.56. The fourth-order valence-corrected chi connectivity index (χ4v) is 3.51. The summed E-state index contributed by atoms with van der Waals surface area (Å²) in [6.45, 7) is 7.95. The molecule has 2 fully saturated rings. The van der Waals surface area contributed by atoms with Gasteiger partial charge in [-0.2, -0.15) is 0 Å². The number of carbonyl (C=O) groups is 1. The Hall–Kier alpha value is -0.610. The Kier molecular flexibility index (Phi) is 7.51. The van der Waals surface area contributed by atoms with Gasteiger partial charge in [0.15, 0.2) is 0 Å². The summed E-state index contributed by atoms with van der Waals surface area (Å²) in [5, 5.41) is 3.33. The molecule has 1 heterocycles. The van der Waals surface area contributed by atoms with Crippen molar-refractivity contribution in [3.8, 4) is 0 Å². The van der Waals surface area contributed by atoms with Gasteiger partial charge in [0.05, 0.1) is 5.92 Å². The van der Waals surface area contributed by atoms with Gasteiger partial charge in [0.1, 0.15) is 6.61 Å². The zero-order chi connectivity index (χ0) is 14.9. The van der Waals surface area contributed by atoms with E-state index in [-0.39, 0.29) is 11.9 Å². The Morgan fingerprint density at radius 2 is 1.90 bits per heavy atom. The Bertz CT molecular complexity index is 295. The zero-order valence-electron chi connectivity index (χ0n) is 13.6. The number of nitrogens with one attached hydrogen (secondary N) is 1. The van der Waals surface area contributed by atoms with Gasteiger partial charge in [0, 0.05) is 32.7 Å². The predicted octanol–water partition coefficient (Wildman–Crippen LogP) is 2.43. The maximum absolute atomic E-state index is 12.1. The molecule has 0 aromatic carbocycles. The molecule has 0 atom stereocenters. The molecule has 0 amide bonds. The van der Waals surface area contributed by atoms with Gasteiger partial charge in [-0.25, -0.2) is 0 Å². The highest BCUT2D eigenvalue weighted by atomic mass is 16.5. The van der Waals surface area contributed by atoms with Crippen LogP contribution in [0, 0.1) is 11.8 Å². The lowest BCUT2D eigenvalue weighted by atomic mass is 9.80. The highest BCUT2D eigenvalue weighted by Gasteiger charge is 2.27. The summed E-state index contributed by atoms with van der Waals surface area (Å²) in [6.07, 6.45) is 8.50. The minimum atomic E-state index is 0.0547. The van der Waals surface area contributed by atoms with Crippen LogP contribution in [0.15, 0.2) is 0 Å². The molecule has 0 aromatic rings. The Labute approximate surface area is 129 Å². The van der Waals surface area contributed by atoms with E-state index >= 15 is 0 Å². The van der Waals surface area contributed by atoms with Crippen molar-refractivity contribution >= 4 is 5.97 Å². The fourth-order valence-electron chi connectivity index (χ4n) is 3.51. The summed E-state index contributed by atoms with van der Waals surface area (Å²) in [5.74, 6) is 1.08. The van der Waals surface area contributed by atoms with Crippen LogP contribution >= 0.6 is 0 Å². The highest BCUT2D eigenvalue weighted by molar-refractivity contribution is 5.72. The third kappa shape index (κ3) is 5.95. The lowest BCUT2D eigenvalue weighted by Crippen LogP contribution is -2.44. The lowest BCUT2D eigenvalue weighted by Gasteiger charge is -2.29. The van der Waals surface area contributed by atoms with E-state index in [0.29, 0.717) is 6.61 Å². The molecule has 0 unspecified atom stereocenters. The average molecular weight is 296 g/mol. The fraction of sp³-hybridized carbons (Fsp3) is 0.941.